The molecule has 0 aliphatic rings. The number of hydrogen-bond acceptors (Lipinski definition) is 3. The van der Waals surface area contributed by atoms with E-state index in [2.05, 4.69) is 10.0 Å². The summed E-state index contributed by atoms with van der Waals surface area (Å²) in [7, 11) is -3.81. The fourth-order valence-corrected chi connectivity index (χ4v) is 4.09. The Balaban J connectivity index is 1.71. The number of amides is 1. The molecule has 3 rings (SSSR count). The van der Waals surface area contributed by atoms with Crippen LogP contribution in [0.1, 0.15) is 25.5 Å². The first kappa shape index (κ1) is 19.1. The van der Waals surface area contributed by atoms with E-state index in [1.165, 1.54) is 6.92 Å². The summed E-state index contributed by atoms with van der Waals surface area (Å²) in [6.45, 7) is 3.39. The van der Waals surface area contributed by atoms with Crippen molar-refractivity contribution in [2.45, 2.75) is 30.8 Å². The largest absolute Gasteiger partial charge is 0.348 e. The zero-order chi connectivity index (χ0) is 19.4. The Bertz CT molecular complexity index is 1050. The Morgan fingerprint density at radius 1 is 0.852 bits per heavy atom. The van der Waals surface area contributed by atoms with Crippen LogP contribution in [0, 0.1) is 0 Å². The maximum absolute atomic E-state index is 12.7. The van der Waals surface area contributed by atoms with Crippen molar-refractivity contribution >= 4 is 26.7 Å². The highest BCUT2D eigenvalue weighted by molar-refractivity contribution is 7.89. The Kier molecular flexibility index (Phi) is 5.58. The molecular weight excluding hydrogens is 360 g/mol. The molecule has 0 aromatic heterocycles. The third-order valence-electron chi connectivity index (χ3n) is 4.41. The third-order valence-corrected chi connectivity index (χ3v) is 5.95. The van der Waals surface area contributed by atoms with E-state index in [-0.39, 0.29) is 16.8 Å². The zero-order valence-electron chi connectivity index (χ0n) is 15.2. The van der Waals surface area contributed by atoms with E-state index in [0.29, 0.717) is 0 Å². The minimum absolute atomic E-state index is 0.136. The lowest BCUT2D eigenvalue weighted by Crippen LogP contribution is -2.45. The molecular formula is C21H22N2O3S. The van der Waals surface area contributed by atoms with Gasteiger partial charge in [-0.2, -0.15) is 4.72 Å². The molecule has 3 aromatic rings. The normalized spacial score (nSPS) is 13.9. The molecule has 140 valence electrons. The van der Waals surface area contributed by atoms with Crippen LogP contribution in [0.25, 0.3) is 10.8 Å². The van der Waals surface area contributed by atoms with Crippen molar-refractivity contribution < 1.29 is 13.2 Å². The second-order valence-corrected chi connectivity index (χ2v) is 8.21. The van der Waals surface area contributed by atoms with Crippen LogP contribution < -0.4 is 10.0 Å². The monoisotopic (exact) mass is 382 g/mol. The summed E-state index contributed by atoms with van der Waals surface area (Å²) in [5, 5.41) is 4.62. The van der Waals surface area contributed by atoms with Gasteiger partial charge in [-0.3, -0.25) is 4.79 Å². The van der Waals surface area contributed by atoms with Crippen LogP contribution in [0.5, 0.6) is 0 Å². The van der Waals surface area contributed by atoms with E-state index >= 15 is 0 Å². The molecule has 0 heterocycles. The average molecular weight is 382 g/mol. The van der Waals surface area contributed by atoms with Gasteiger partial charge in [-0.15, -0.1) is 0 Å². The molecule has 6 heteroatoms. The Hall–Kier alpha value is -2.70. The molecule has 3 aromatic carbocycles. The molecule has 0 saturated heterocycles. The molecule has 2 atom stereocenters. The van der Waals surface area contributed by atoms with Crippen molar-refractivity contribution in [2.24, 2.45) is 0 Å². The fourth-order valence-electron chi connectivity index (χ4n) is 2.85. The maximum Gasteiger partial charge on any atom is 0.241 e. The van der Waals surface area contributed by atoms with Gasteiger partial charge in [0, 0.05) is 0 Å². The number of fused-ring (bicyclic) bond motifs is 1. The van der Waals surface area contributed by atoms with Gasteiger partial charge in [0.05, 0.1) is 17.0 Å². The molecule has 0 saturated carbocycles. The van der Waals surface area contributed by atoms with Crippen molar-refractivity contribution in [3.05, 3.63) is 78.4 Å². The Morgan fingerprint density at radius 3 is 2.19 bits per heavy atom. The van der Waals surface area contributed by atoms with Crippen LogP contribution >= 0.6 is 0 Å². The van der Waals surface area contributed by atoms with Gasteiger partial charge in [0.1, 0.15) is 0 Å². The molecule has 5 nitrogen and oxygen atoms in total. The lowest BCUT2D eigenvalue weighted by atomic mass is 10.1. The number of carbonyl (C=O) groups excluding carboxylic acids is 1. The Labute approximate surface area is 159 Å². The Morgan fingerprint density at radius 2 is 1.48 bits per heavy atom. The van der Waals surface area contributed by atoms with Gasteiger partial charge in [-0.1, -0.05) is 60.7 Å². The smallest absolute Gasteiger partial charge is 0.241 e. The molecule has 0 spiro atoms. The van der Waals surface area contributed by atoms with Crippen LogP contribution in [-0.2, 0) is 14.8 Å². The van der Waals surface area contributed by atoms with Crippen LogP contribution in [0.15, 0.2) is 77.7 Å². The first-order valence-corrected chi connectivity index (χ1v) is 10.2. The molecule has 27 heavy (non-hydrogen) atoms. The predicted molar refractivity (Wildman–Crippen MR) is 107 cm³/mol. The quantitative estimate of drug-likeness (QED) is 0.686. The van der Waals surface area contributed by atoms with E-state index in [0.717, 1.165) is 16.3 Å². The summed E-state index contributed by atoms with van der Waals surface area (Å²) >= 11 is 0. The first-order valence-electron chi connectivity index (χ1n) is 8.73. The minimum atomic E-state index is -3.81. The van der Waals surface area contributed by atoms with Gasteiger partial charge in [0.15, 0.2) is 0 Å². The van der Waals surface area contributed by atoms with E-state index in [1.807, 2.05) is 61.5 Å². The summed E-state index contributed by atoms with van der Waals surface area (Å²) in [6, 6.07) is 20.8. The van der Waals surface area contributed by atoms with Crippen molar-refractivity contribution in [1.29, 1.82) is 0 Å². The molecule has 0 unspecified atom stereocenters. The van der Waals surface area contributed by atoms with Crippen LogP contribution in [-0.4, -0.2) is 20.4 Å². The SMILES string of the molecule is C[C@@H](NS(=O)(=O)c1ccc2ccccc2c1)C(=O)N[C@H](C)c1ccccc1. The second-order valence-electron chi connectivity index (χ2n) is 6.49. The number of hydrogen-bond donors (Lipinski definition) is 2. The predicted octanol–water partition coefficient (Wildman–Crippen LogP) is 3.38. The number of nitrogens with one attached hydrogen (secondary N) is 2. The van der Waals surface area contributed by atoms with Crippen molar-refractivity contribution in [2.75, 3.05) is 0 Å². The topological polar surface area (TPSA) is 75.3 Å². The van der Waals surface area contributed by atoms with Crippen LogP contribution in [0.3, 0.4) is 0 Å². The minimum Gasteiger partial charge on any atom is -0.348 e. The van der Waals surface area contributed by atoms with E-state index < -0.39 is 16.1 Å². The average Bonchev–Trinajstić information content (AvgIpc) is 2.67. The molecule has 0 fully saturated rings. The van der Waals surface area contributed by atoms with E-state index in [1.54, 1.807) is 18.2 Å². The van der Waals surface area contributed by atoms with Crippen LogP contribution in [0.4, 0.5) is 0 Å². The van der Waals surface area contributed by atoms with Crippen LogP contribution in [0.2, 0.25) is 0 Å². The van der Waals surface area contributed by atoms with Gasteiger partial charge < -0.3 is 5.32 Å². The van der Waals surface area contributed by atoms with Gasteiger partial charge in [0.2, 0.25) is 15.9 Å². The summed E-state index contributed by atoms with van der Waals surface area (Å²) in [5.74, 6) is -0.379. The summed E-state index contributed by atoms with van der Waals surface area (Å²) < 4.78 is 27.8. The summed E-state index contributed by atoms with van der Waals surface area (Å²) in [4.78, 5) is 12.5. The van der Waals surface area contributed by atoms with Crippen molar-refractivity contribution in [3.8, 4) is 0 Å². The second kappa shape index (κ2) is 7.90. The highest BCUT2D eigenvalue weighted by Crippen LogP contribution is 2.19. The zero-order valence-corrected chi connectivity index (χ0v) is 16.0. The summed E-state index contributed by atoms with van der Waals surface area (Å²) in [5.41, 5.74) is 0.954. The molecule has 0 radical (unpaired) electrons. The van der Waals surface area contributed by atoms with Crippen molar-refractivity contribution in [3.63, 3.8) is 0 Å². The molecule has 0 aliphatic heterocycles. The van der Waals surface area contributed by atoms with E-state index in [9.17, 15) is 13.2 Å². The number of benzene rings is 3. The number of sulfonamides is 1. The number of rotatable bonds is 6. The van der Waals surface area contributed by atoms with Gasteiger partial charge >= 0.3 is 0 Å². The number of carbonyl (C=O) groups is 1. The molecule has 0 aliphatic carbocycles. The van der Waals surface area contributed by atoms with Gasteiger partial charge in [-0.25, -0.2) is 8.42 Å². The lowest BCUT2D eigenvalue weighted by molar-refractivity contribution is -0.123. The maximum atomic E-state index is 12.7. The highest BCUT2D eigenvalue weighted by Gasteiger charge is 2.23. The molecule has 2 N–H and O–H groups in total. The first-order chi connectivity index (χ1) is 12.9. The highest BCUT2D eigenvalue weighted by atomic mass is 32.2. The fraction of sp³-hybridized carbons (Fsp3) is 0.190. The lowest BCUT2D eigenvalue weighted by Gasteiger charge is -2.19. The van der Waals surface area contributed by atoms with Crippen molar-refractivity contribution in [1.82, 2.24) is 10.0 Å². The van der Waals surface area contributed by atoms with E-state index in [4.69, 9.17) is 0 Å². The summed E-state index contributed by atoms with van der Waals surface area (Å²) in [6.07, 6.45) is 0. The van der Waals surface area contributed by atoms with Gasteiger partial charge in [0.25, 0.3) is 0 Å². The third kappa shape index (κ3) is 4.53. The molecule has 1 amide bonds. The standard InChI is InChI=1S/C21H22N2O3S/c1-15(17-8-4-3-5-9-17)22-21(24)16(2)23-27(25,26)20-13-12-18-10-6-7-11-19(18)14-20/h3-16,23H,1-2H3,(H,22,24)/t15-,16-/m1/s1. The van der Waals surface area contributed by atoms with Gasteiger partial charge in [-0.05, 0) is 42.3 Å². The molecule has 0 bridgehead atoms.